The summed E-state index contributed by atoms with van der Waals surface area (Å²) in [5, 5.41) is 5.46. The molecule has 0 unspecified atom stereocenters. The largest absolute Gasteiger partial charge is 0.416 e. The lowest BCUT2D eigenvalue weighted by molar-refractivity contribution is -0.143. The number of halogens is 6. The molecule has 0 spiro atoms. The van der Waals surface area contributed by atoms with E-state index < -0.39 is 23.5 Å². The summed E-state index contributed by atoms with van der Waals surface area (Å²) < 4.78 is 79.2. The monoisotopic (exact) mass is 532 g/mol. The summed E-state index contributed by atoms with van der Waals surface area (Å²) in [6.45, 7) is 3.76. The molecule has 2 N–H and O–H groups in total. The fourth-order valence-corrected chi connectivity index (χ4v) is 4.19. The van der Waals surface area contributed by atoms with Crippen molar-refractivity contribution in [2.45, 2.75) is 64.5 Å². The van der Waals surface area contributed by atoms with E-state index in [4.69, 9.17) is 0 Å². The quantitative estimate of drug-likeness (QED) is 0.304. The molecule has 1 saturated heterocycles. The fourth-order valence-electron chi connectivity index (χ4n) is 4.19. The number of piperidine rings is 1. The number of alkyl halides is 6. The standard InChI is InChI=1S/C25H30F6N4O2/c1-15(23(33-16(2)36)32-13-22(37)34-20-5-6-20)11-17-7-9-35(10-8-17)14-18-3-4-19(24(26,27)28)12-21(18)25(29,30)31/h3-4,11-12,17,20H,5-10,13-14H2,1-2H3,(H,34,37)(H,32,33,36). The van der Waals surface area contributed by atoms with E-state index in [0.29, 0.717) is 43.4 Å². The molecule has 0 radical (unpaired) electrons. The number of amides is 2. The summed E-state index contributed by atoms with van der Waals surface area (Å²) >= 11 is 0. The number of hydrogen-bond donors (Lipinski definition) is 2. The number of rotatable bonds is 7. The van der Waals surface area contributed by atoms with Crippen LogP contribution in [0.25, 0.3) is 0 Å². The average molecular weight is 533 g/mol. The molecule has 1 saturated carbocycles. The van der Waals surface area contributed by atoms with E-state index in [2.05, 4.69) is 15.6 Å². The Morgan fingerprint density at radius 2 is 1.68 bits per heavy atom. The topological polar surface area (TPSA) is 73.8 Å². The zero-order valence-corrected chi connectivity index (χ0v) is 20.6. The summed E-state index contributed by atoms with van der Waals surface area (Å²) in [6, 6.07) is 1.94. The second-order valence-corrected chi connectivity index (χ2v) is 9.52. The van der Waals surface area contributed by atoms with Gasteiger partial charge in [-0.3, -0.25) is 19.5 Å². The molecule has 1 heterocycles. The number of benzene rings is 1. The minimum atomic E-state index is -4.90. The Kier molecular flexibility index (Phi) is 9.04. The zero-order chi connectivity index (χ0) is 27.4. The molecule has 1 aliphatic heterocycles. The molecule has 1 aromatic rings. The van der Waals surface area contributed by atoms with Crippen LogP contribution in [0.3, 0.4) is 0 Å². The van der Waals surface area contributed by atoms with Gasteiger partial charge < -0.3 is 10.6 Å². The van der Waals surface area contributed by atoms with Crippen LogP contribution in [0.4, 0.5) is 26.3 Å². The number of carbonyl (C=O) groups excluding carboxylic acids is 2. The first kappa shape index (κ1) is 28.7. The van der Waals surface area contributed by atoms with Crippen LogP contribution in [0.15, 0.2) is 34.8 Å². The Morgan fingerprint density at radius 3 is 2.22 bits per heavy atom. The summed E-state index contributed by atoms with van der Waals surface area (Å²) in [6.07, 6.45) is -4.73. The minimum Gasteiger partial charge on any atom is -0.352 e. The summed E-state index contributed by atoms with van der Waals surface area (Å²) in [5.41, 5.74) is -2.13. The maximum absolute atomic E-state index is 13.5. The first-order valence-electron chi connectivity index (χ1n) is 12.0. The van der Waals surface area contributed by atoms with Crippen LogP contribution >= 0.6 is 0 Å². The summed E-state index contributed by atoms with van der Waals surface area (Å²) in [4.78, 5) is 29.6. The van der Waals surface area contributed by atoms with Gasteiger partial charge in [0.15, 0.2) is 0 Å². The van der Waals surface area contributed by atoms with E-state index >= 15 is 0 Å². The van der Waals surface area contributed by atoms with Crippen molar-refractivity contribution in [1.82, 2.24) is 15.5 Å². The number of likely N-dealkylation sites (tertiary alicyclic amines) is 1. The number of nitrogens with one attached hydrogen (secondary N) is 2. The first-order valence-corrected chi connectivity index (χ1v) is 12.0. The van der Waals surface area contributed by atoms with E-state index in [1.807, 2.05) is 6.08 Å². The van der Waals surface area contributed by atoms with Crippen molar-refractivity contribution in [3.8, 4) is 0 Å². The van der Waals surface area contributed by atoms with Crippen LogP contribution in [-0.2, 0) is 28.5 Å². The molecule has 2 fully saturated rings. The van der Waals surface area contributed by atoms with Crippen molar-refractivity contribution in [3.05, 3.63) is 46.5 Å². The highest BCUT2D eigenvalue weighted by atomic mass is 19.4. The van der Waals surface area contributed by atoms with Gasteiger partial charge in [-0.1, -0.05) is 12.1 Å². The number of aliphatic imine (C=N–C) groups is 1. The lowest BCUT2D eigenvalue weighted by Gasteiger charge is -2.31. The van der Waals surface area contributed by atoms with Gasteiger partial charge in [0.2, 0.25) is 11.8 Å². The third kappa shape index (κ3) is 8.87. The smallest absolute Gasteiger partial charge is 0.352 e. The molecule has 2 aliphatic rings. The lowest BCUT2D eigenvalue weighted by atomic mass is 9.93. The molecule has 1 aliphatic carbocycles. The maximum atomic E-state index is 13.5. The SMILES string of the molecule is CC(=O)NC(=NCC(=O)NC1CC1)C(C)=CC1CCN(Cc2ccc(C(F)(F)F)cc2C(F)(F)F)CC1. The van der Waals surface area contributed by atoms with Crippen molar-refractivity contribution in [3.63, 3.8) is 0 Å². The molecular weight excluding hydrogens is 502 g/mol. The van der Waals surface area contributed by atoms with Crippen LogP contribution in [-0.4, -0.2) is 48.2 Å². The predicted molar refractivity (Wildman–Crippen MR) is 125 cm³/mol. The number of nitrogens with zero attached hydrogens (tertiary/aromatic N) is 2. The molecule has 2 amide bonds. The molecule has 37 heavy (non-hydrogen) atoms. The second kappa shape index (κ2) is 11.7. The molecule has 12 heteroatoms. The van der Waals surface area contributed by atoms with E-state index in [-0.39, 0.29) is 48.5 Å². The van der Waals surface area contributed by atoms with Crippen molar-refractivity contribution in [2.24, 2.45) is 10.9 Å². The zero-order valence-electron chi connectivity index (χ0n) is 20.6. The van der Waals surface area contributed by atoms with Gasteiger partial charge in [0.05, 0.1) is 11.1 Å². The number of allylic oxidation sites excluding steroid dienone is 1. The molecular formula is C25H30F6N4O2. The van der Waals surface area contributed by atoms with E-state index in [1.165, 1.54) is 6.92 Å². The highest BCUT2D eigenvalue weighted by molar-refractivity contribution is 6.07. The van der Waals surface area contributed by atoms with Crippen LogP contribution in [0.1, 0.15) is 56.2 Å². The van der Waals surface area contributed by atoms with Crippen molar-refractivity contribution >= 4 is 17.6 Å². The van der Waals surface area contributed by atoms with Gasteiger partial charge in [-0.2, -0.15) is 26.3 Å². The van der Waals surface area contributed by atoms with Gasteiger partial charge in [0, 0.05) is 19.5 Å². The summed E-state index contributed by atoms with van der Waals surface area (Å²) in [7, 11) is 0. The molecule has 1 aromatic carbocycles. The van der Waals surface area contributed by atoms with E-state index in [1.54, 1.807) is 11.8 Å². The Bertz CT molecular complexity index is 1050. The molecule has 6 nitrogen and oxygen atoms in total. The number of amidine groups is 1. The lowest BCUT2D eigenvalue weighted by Crippen LogP contribution is -2.34. The summed E-state index contributed by atoms with van der Waals surface area (Å²) in [5.74, 6) is -0.209. The van der Waals surface area contributed by atoms with Crippen molar-refractivity contribution < 1.29 is 35.9 Å². The Balaban J connectivity index is 1.63. The van der Waals surface area contributed by atoms with Crippen LogP contribution in [0.5, 0.6) is 0 Å². The van der Waals surface area contributed by atoms with Crippen LogP contribution < -0.4 is 10.6 Å². The maximum Gasteiger partial charge on any atom is 0.416 e. The molecule has 0 atom stereocenters. The van der Waals surface area contributed by atoms with Gasteiger partial charge >= 0.3 is 12.4 Å². The molecule has 204 valence electrons. The highest BCUT2D eigenvalue weighted by Crippen LogP contribution is 2.38. The third-order valence-electron chi connectivity index (χ3n) is 6.25. The minimum absolute atomic E-state index is 0.0604. The van der Waals surface area contributed by atoms with Crippen molar-refractivity contribution in [1.29, 1.82) is 0 Å². The number of carbonyl (C=O) groups is 2. The Labute approximate surface area is 211 Å². The second-order valence-electron chi connectivity index (χ2n) is 9.52. The third-order valence-corrected chi connectivity index (χ3v) is 6.25. The van der Waals surface area contributed by atoms with Gasteiger partial charge in [0.25, 0.3) is 0 Å². The molecule has 0 bridgehead atoms. The van der Waals surface area contributed by atoms with Gasteiger partial charge in [-0.15, -0.1) is 0 Å². The van der Waals surface area contributed by atoms with Crippen LogP contribution in [0, 0.1) is 5.92 Å². The van der Waals surface area contributed by atoms with Crippen molar-refractivity contribution in [2.75, 3.05) is 19.6 Å². The predicted octanol–water partition coefficient (Wildman–Crippen LogP) is 4.70. The fraction of sp³-hybridized carbons (Fsp3) is 0.560. The number of hydrogen-bond acceptors (Lipinski definition) is 4. The van der Waals surface area contributed by atoms with Gasteiger partial charge in [-0.05, 0) is 74.9 Å². The van der Waals surface area contributed by atoms with E-state index in [9.17, 15) is 35.9 Å². The van der Waals surface area contributed by atoms with Gasteiger partial charge in [-0.25, -0.2) is 0 Å². The van der Waals surface area contributed by atoms with Gasteiger partial charge in [0.1, 0.15) is 12.4 Å². The van der Waals surface area contributed by atoms with E-state index in [0.717, 1.165) is 18.9 Å². The Morgan fingerprint density at radius 1 is 1.03 bits per heavy atom. The Hall–Kier alpha value is -2.89. The molecule has 3 rings (SSSR count). The molecule has 0 aromatic heterocycles. The van der Waals surface area contributed by atoms with Crippen LogP contribution in [0.2, 0.25) is 0 Å². The normalized spacial score (nSPS) is 18.6. The average Bonchev–Trinajstić information content (AvgIpc) is 3.60. The highest BCUT2D eigenvalue weighted by Gasteiger charge is 2.38. The first-order chi connectivity index (χ1) is 17.2.